The van der Waals surface area contributed by atoms with Gasteiger partial charge in [-0.1, -0.05) is 27.7 Å². The first-order chi connectivity index (χ1) is 5.06. The van der Waals surface area contributed by atoms with Gasteiger partial charge in [-0.15, -0.1) is 23.5 Å². The van der Waals surface area contributed by atoms with E-state index in [9.17, 15) is 0 Å². The molecule has 2 heteroatoms. The normalized spacial score (nSPS) is 16.9. The molecule has 2 unspecified atom stereocenters. The average molecular weight is 192 g/mol. The molecule has 0 aromatic heterocycles. The van der Waals surface area contributed by atoms with Crippen molar-refractivity contribution in [3.05, 3.63) is 0 Å². The van der Waals surface area contributed by atoms with Gasteiger partial charge in [0.2, 0.25) is 0 Å². The molecule has 0 aliphatic carbocycles. The molecule has 0 spiro atoms. The van der Waals surface area contributed by atoms with Crippen LogP contribution in [0.4, 0.5) is 0 Å². The average Bonchev–Trinajstić information content (AvgIpc) is 1.85. The second-order valence-electron chi connectivity index (χ2n) is 3.11. The summed E-state index contributed by atoms with van der Waals surface area (Å²) >= 11 is 4.15. The second-order valence-corrected chi connectivity index (χ2v) is 7.11. The minimum atomic E-state index is 0.755. The maximum Gasteiger partial charge on any atom is 0.0479 e. The van der Waals surface area contributed by atoms with E-state index < -0.39 is 0 Å². The van der Waals surface area contributed by atoms with E-state index in [4.69, 9.17) is 0 Å². The summed E-state index contributed by atoms with van der Waals surface area (Å²) in [5, 5.41) is 1.58. The number of hydrogen-bond donors (Lipinski definition) is 0. The molecular weight excluding hydrogens is 172 g/mol. The monoisotopic (exact) mass is 192 g/mol. The highest BCUT2D eigenvalue weighted by atomic mass is 32.2. The van der Waals surface area contributed by atoms with Crippen LogP contribution in [0.25, 0.3) is 0 Å². The second kappa shape index (κ2) is 6.24. The molecule has 0 amide bonds. The Kier molecular flexibility index (Phi) is 6.64. The van der Waals surface area contributed by atoms with Crippen molar-refractivity contribution in [1.82, 2.24) is 0 Å². The van der Waals surface area contributed by atoms with Gasteiger partial charge in [-0.05, 0) is 13.3 Å². The Morgan fingerprint density at radius 3 is 1.91 bits per heavy atom. The van der Waals surface area contributed by atoms with Crippen molar-refractivity contribution >= 4 is 23.5 Å². The zero-order valence-electron chi connectivity index (χ0n) is 8.26. The van der Waals surface area contributed by atoms with Crippen molar-refractivity contribution in [2.24, 2.45) is 0 Å². The van der Waals surface area contributed by atoms with Crippen molar-refractivity contribution < 1.29 is 0 Å². The van der Waals surface area contributed by atoms with Crippen molar-refractivity contribution in [2.45, 2.75) is 56.1 Å². The van der Waals surface area contributed by atoms with Gasteiger partial charge in [-0.2, -0.15) is 0 Å². The molecule has 0 aromatic carbocycles. The number of rotatable bonds is 5. The Morgan fingerprint density at radius 1 is 1.00 bits per heavy atom. The van der Waals surface area contributed by atoms with Gasteiger partial charge in [0.25, 0.3) is 0 Å². The fourth-order valence-corrected chi connectivity index (χ4v) is 3.94. The highest BCUT2D eigenvalue weighted by Crippen LogP contribution is 2.30. The van der Waals surface area contributed by atoms with Gasteiger partial charge >= 0.3 is 0 Å². The lowest BCUT2D eigenvalue weighted by atomic mass is 10.4. The van der Waals surface area contributed by atoms with E-state index >= 15 is 0 Å². The van der Waals surface area contributed by atoms with Crippen molar-refractivity contribution in [2.75, 3.05) is 0 Å². The fourth-order valence-electron chi connectivity index (χ4n) is 0.839. The van der Waals surface area contributed by atoms with Crippen molar-refractivity contribution in [1.29, 1.82) is 0 Å². The Labute approximate surface area is 79.9 Å². The molecule has 0 bridgehead atoms. The maximum absolute atomic E-state index is 2.31. The number of hydrogen-bond acceptors (Lipinski definition) is 2. The molecule has 2 atom stereocenters. The summed E-state index contributed by atoms with van der Waals surface area (Å²) in [6.07, 6.45) is 1.29. The van der Waals surface area contributed by atoms with Gasteiger partial charge in [-0.25, -0.2) is 0 Å². The Balaban J connectivity index is 3.43. The lowest BCUT2D eigenvalue weighted by molar-refractivity contribution is 0.904. The first-order valence-electron chi connectivity index (χ1n) is 4.37. The van der Waals surface area contributed by atoms with Crippen LogP contribution in [0.3, 0.4) is 0 Å². The van der Waals surface area contributed by atoms with Crippen LogP contribution in [0.1, 0.15) is 41.0 Å². The highest BCUT2D eigenvalue weighted by Gasteiger charge is 2.08. The van der Waals surface area contributed by atoms with E-state index in [0.29, 0.717) is 0 Å². The standard InChI is InChI=1S/C9H20S2/c1-6-8(4)11-9(5)10-7(2)3/h7-9H,6H2,1-5H3. The van der Waals surface area contributed by atoms with E-state index in [1.54, 1.807) is 0 Å². The van der Waals surface area contributed by atoms with Gasteiger partial charge in [-0.3, -0.25) is 0 Å². The maximum atomic E-state index is 2.31. The molecule has 0 aliphatic heterocycles. The highest BCUT2D eigenvalue weighted by molar-refractivity contribution is 8.17. The summed E-state index contributed by atoms with van der Waals surface area (Å²) in [4.78, 5) is 0. The summed E-state index contributed by atoms with van der Waals surface area (Å²) in [6, 6.07) is 0. The molecule has 0 heterocycles. The fraction of sp³-hybridized carbons (Fsp3) is 1.00. The van der Waals surface area contributed by atoms with Crippen LogP contribution >= 0.6 is 23.5 Å². The molecule has 0 saturated carbocycles. The van der Waals surface area contributed by atoms with E-state index in [2.05, 4.69) is 58.1 Å². The van der Waals surface area contributed by atoms with E-state index in [1.165, 1.54) is 6.42 Å². The molecule has 0 saturated heterocycles. The molecule has 0 nitrogen and oxygen atoms in total. The minimum absolute atomic E-state index is 0.755. The van der Waals surface area contributed by atoms with Crippen LogP contribution in [-0.4, -0.2) is 15.1 Å². The molecule has 0 aromatic rings. The lowest BCUT2D eigenvalue weighted by Gasteiger charge is -2.16. The van der Waals surface area contributed by atoms with Crippen LogP contribution in [0.2, 0.25) is 0 Å². The summed E-state index contributed by atoms with van der Waals surface area (Å²) in [5.41, 5.74) is 0. The van der Waals surface area contributed by atoms with Crippen molar-refractivity contribution in [3.63, 3.8) is 0 Å². The summed E-state index contributed by atoms with van der Waals surface area (Å²) in [7, 11) is 0. The predicted molar refractivity (Wildman–Crippen MR) is 59.5 cm³/mol. The first kappa shape index (κ1) is 11.7. The quantitative estimate of drug-likeness (QED) is 0.604. The van der Waals surface area contributed by atoms with Crippen LogP contribution in [-0.2, 0) is 0 Å². The molecule has 0 N–H and O–H groups in total. The Hall–Kier alpha value is 0.700. The van der Waals surface area contributed by atoms with E-state index in [0.717, 1.165) is 15.1 Å². The molecule has 0 radical (unpaired) electrons. The summed E-state index contributed by atoms with van der Waals surface area (Å²) in [6.45, 7) is 11.4. The summed E-state index contributed by atoms with van der Waals surface area (Å²) in [5.74, 6) is 0. The van der Waals surface area contributed by atoms with Crippen molar-refractivity contribution in [3.8, 4) is 0 Å². The molecule has 11 heavy (non-hydrogen) atoms. The third-order valence-electron chi connectivity index (χ3n) is 1.46. The third-order valence-corrected chi connectivity index (χ3v) is 4.24. The zero-order valence-corrected chi connectivity index (χ0v) is 9.89. The van der Waals surface area contributed by atoms with Gasteiger partial charge in [0, 0.05) is 15.1 Å². The number of thioether (sulfide) groups is 2. The largest absolute Gasteiger partial charge is 0.145 e. The molecule has 0 fully saturated rings. The molecule has 0 rings (SSSR count). The predicted octanol–water partition coefficient (Wildman–Crippen LogP) is 4.01. The van der Waals surface area contributed by atoms with E-state index in [1.807, 2.05) is 0 Å². The SMILES string of the molecule is CCC(C)SC(C)SC(C)C. The van der Waals surface area contributed by atoms with Gasteiger partial charge in [0.15, 0.2) is 0 Å². The zero-order chi connectivity index (χ0) is 8.85. The Morgan fingerprint density at radius 2 is 1.55 bits per heavy atom. The third kappa shape index (κ3) is 7.07. The van der Waals surface area contributed by atoms with Gasteiger partial charge < -0.3 is 0 Å². The molecule has 0 aliphatic rings. The minimum Gasteiger partial charge on any atom is -0.145 e. The van der Waals surface area contributed by atoms with Crippen LogP contribution in [0.15, 0.2) is 0 Å². The molecule has 68 valence electrons. The Bertz CT molecular complexity index is 91.6. The molecular formula is C9H20S2. The lowest BCUT2D eigenvalue weighted by Crippen LogP contribution is -2.03. The summed E-state index contributed by atoms with van der Waals surface area (Å²) < 4.78 is 0.755. The van der Waals surface area contributed by atoms with Crippen LogP contribution < -0.4 is 0 Å². The van der Waals surface area contributed by atoms with E-state index in [-0.39, 0.29) is 0 Å². The van der Waals surface area contributed by atoms with Gasteiger partial charge in [0.1, 0.15) is 0 Å². The smallest absolute Gasteiger partial charge is 0.0479 e. The first-order valence-corrected chi connectivity index (χ1v) is 6.25. The van der Waals surface area contributed by atoms with Crippen LogP contribution in [0.5, 0.6) is 0 Å². The van der Waals surface area contributed by atoms with Gasteiger partial charge in [0.05, 0.1) is 0 Å². The topological polar surface area (TPSA) is 0 Å². The van der Waals surface area contributed by atoms with Crippen LogP contribution in [0, 0.1) is 0 Å².